The number of nitrogens with one attached hydrogen (secondary N) is 1. The van der Waals surface area contributed by atoms with Gasteiger partial charge in [0.25, 0.3) is 0 Å². The van der Waals surface area contributed by atoms with E-state index in [-0.39, 0.29) is 18.4 Å². The lowest BCUT2D eigenvalue weighted by molar-refractivity contribution is 0.234. The molecule has 0 fully saturated rings. The van der Waals surface area contributed by atoms with Crippen LogP contribution in [-0.2, 0) is 0 Å². The third-order valence-electron chi connectivity index (χ3n) is 1.49. The molecule has 5 heteroatoms. The quantitative estimate of drug-likeness (QED) is 0.142. The maximum Gasteiger partial charge on any atom is 0.140 e. The topological polar surface area (TPSA) is 90.9 Å². The van der Waals surface area contributed by atoms with Gasteiger partial charge < -0.3 is 21.4 Å². The monoisotopic (exact) mass is 175 g/mol. The van der Waals surface area contributed by atoms with Crippen LogP contribution in [0.15, 0.2) is 5.16 Å². The Labute approximate surface area is 72.3 Å². The van der Waals surface area contributed by atoms with Gasteiger partial charge in [-0.2, -0.15) is 0 Å². The smallest absolute Gasteiger partial charge is 0.140 e. The van der Waals surface area contributed by atoms with Crippen molar-refractivity contribution in [3.05, 3.63) is 0 Å². The predicted octanol–water partition coefficient (Wildman–Crippen LogP) is -0.659. The van der Waals surface area contributed by atoms with Crippen molar-refractivity contribution in [2.45, 2.75) is 13.3 Å². The van der Waals surface area contributed by atoms with Gasteiger partial charge in [0.05, 0.1) is 0 Å². The van der Waals surface area contributed by atoms with Gasteiger partial charge in [-0.25, -0.2) is 0 Å². The molecule has 0 aliphatic heterocycles. The molecule has 0 radical (unpaired) electrons. The second kappa shape index (κ2) is 6.87. The third-order valence-corrected chi connectivity index (χ3v) is 1.49. The molecule has 1 atom stereocenters. The second-order valence-corrected chi connectivity index (χ2v) is 2.83. The number of hydrogen-bond acceptors (Lipinski definition) is 4. The maximum absolute atomic E-state index is 8.66. The summed E-state index contributed by atoms with van der Waals surface area (Å²) in [4.78, 5) is 0. The highest BCUT2D eigenvalue weighted by molar-refractivity contribution is 5.79. The van der Waals surface area contributed by atoms with Crippen molar-refractivity contribution >= 4 is 5.84 Å². The van der Waals surface area contributed by atoms with E-state index in [0.29, 0.717) is 13.0 Å². The number of aliphatic hydroxyl groups is 1. The van der Waals surface area contributed by atoms with Crippen LogP contribution in [0.2, 0.25) is 0 Å². The summed E-state index contributed by atoms with van der Waals surface area (Å²) in [5.41, 5.74) is 5.23. The molecule has 0 aromatic rings. The number of nitrogens with zero attached hydrogens (tertiary/aromatic N) is 1. The summed E-state index contributed by atoms with van der Waals surface area (Å²) in [6, 6.07) is 0. The van der Waals surface area contributed by atoms with Crippen molar-refractivity contribution in [3.8, 4) is 0 Å². The fraction of sp³-hybridized carbons (Fsp3) is 0.857. The second-order valence-electron chi connectivity index (χ2n) is 2.83. The molecule has 0 heterocycles. The van der Waals surface area contributed by atoms with E-state index >= 15 is 0 Å². The van der Waals surface area contributed by atoms with E-state index in [9.17, 15) is 0 Å². The van der Waals surface area contributed by atoms with E-state index in [1.165, 1.54) is 0 Å². The first-order chi connectivity index (χ1) is 5.70. The summed E-state index contributed by atoms with van der Waals surface area (Å²) in [5.74, 6) is 0.469. The molecule has 0 spiro atoms. The molecule has 5 nitrogen and oxygen atoms in total. The average molecular weight is 175 g/mol. The molecule has 0 aromatic heterocycles. The standard InChI is InChI=1S/C7H17N3O2/c1-6(5-11)4-9-3-2-7(8)10-12/h6,9,11-12H,2-5H2,1H3,(H2,8,10). The zero-order valence-electron chi connectivity index (χ0n) is 7.32. The van der Waals surface area contributed by atoms with Crippen LogP contribution in [0.1, 0.15) is 13.3 Å². The molecule has 72 valence electrons. The van der Waals surface area contributed by atoms with E-state index in [4.69, 9.17) is 16.0 Å². The van der Waals surface area contributed by atoms with Crippen LogP contribution in [0, 0.1) is 5.92 Å². The minimum atomic E-state index is 0.177. The fourth-order valence-electron chi connectivity index (χ4n) is 0.679. The van der Waals surface area contributed by atoms with Gasteiger partial charge >= 0.3 is 0 Å². The van der Waals surface area contributed by atoms with E-state index in [2.05, 4.69) is 10.5 Å². The number of aliphatic hydroxyl groups excluding tert-OH is 1. The summed E-state index contributed by atoms with van der Waals surface area (Å²) in [6.45, 7) is 3.53. The first kappa shape index (κ1) is 11.2. The molecule has 0 aromatic carbocycles. The van der Waals surface area contributed by atoms with Gasteiger partial charge in [0, 0.05) is 19.6 Å². The van der Waals surface area contributed by atoms with Crippen molar-refractivity contribution in [1.82, 2.24) is 5.32 Å². The van der Waals surface area contributed by atoms with Crippen LogP contribution in [0.5, 0.6) is 0 Å². The molecule has 0 amide bonds. The van der Waals surface area contributed by atoms with Gasteiger partial charge in [-0.3, -0.25) is 0 Å². The van der Waals surface area contributed by atoms with E-state index in [0.717, 1.165) is 6.54 Å². The lowest BCUT2D eigenvalue weighted by Crippen LogP contribution is -2.27. The minimum Gasteiger partial charge on any atom is -0.409 e. The number of amidine groups is 1. The summed E-state index contributed by atoms with van der Waals surface area (Å²) in [5, 5.41) is 22.7. The maximum atomic E-state index is 8.66. The van der Waals surface area contributed by atoms with Gasteiger partial charge in [0.1, 0.15) is 5.84 Å². The molecule has 12 heavy (non-hydrogen) atoms. The Morgan fingerprint density at radius 3 is 2.83 bits per heavy atom. The average Bonchev–Trinajstić information content (AvgIpc) is 2.11. The van der Waals surface area contributed by atoms with E-state index < -0.39 is 0 Å². The zero-order valence-corrected chi connectivity index (χ0v) is 7.32. The third kappa shape index (κ3) is 5.94. The molecular weight excluding hydrogens is 158 g/mol. The van der Waals surface area contributed by atoms with Crippen molar-refractivity contribution in [2.24, 2.45) is 16.8 Å². The Kier molecular flexibility index (Phi) is 6.41. The van der Waals surface area contributed by atoms with Crippen molar-refractivity contribution < 1.29 is 10.3 Å². The highest BCUT2D eigenvalue weighted by Crippen LogP contribution is 1.88. The number of oxime groups is 1. The summed E-state index contributed by atoms with van der Waals surface area (Å²) in [7, 11) is 0. The van der Waals surface area contributed by atoms with Crippen LogP contribution in [-0.4, -0.2) is 35.8 Å². The SMILES string of the molecule is CC(CO)CNCCC(N)=NO. The van der Waals surface area contributed by atoms with Gasteiger partial charge in [0.15, 0.2) is 0 Å². The number of hydrogen-bond donors (Lipinski definition) is 4. The summed E-state index contributed by atoms with van der Waals surface area (Å²) >= 11 is 0. The van der Waals surface area contributed by atoms with E-state index in [1.807, 2.05) is 6.92 Å². The first-order valence-corrected chi connectivity index (χ1v) is 3.98. The van der Waals surface area contributed by atoms with Gasteiger partial charge in [-0.05, 0) is 12.5 Å². The largest absolute Gasteiger partial charge is 0.409 e. The van der Waals surface area contributed by atoms with Gasteiger partial charge in [-0.1, -0.05) is 12.1 Å². The molecular formula is C7H17N3O2. The fourth-order valence-corrected chi connectivity index (χ4v) is 0.679. The summed E-state index contributed by atoms with van der Waals surface area (Å²) < 4.78 is 0. The van der Waals surface area contributed by atoms with Crippen LogP contribution >= 0.6 is 0 Å². The molecule has 0 rings (SSSR count). The molecule has 0 aliphatic carbocycles. The first-order valence-electron chi connectivity index (χ1n) is 3.98. The Morgan fingerprint density at radius 2 is 2.33 bits per heavy atom. The molecule has 0 saturated heterocycles. The predicted molar refractivity (Wildman–Crippen MR) is 47.1 cm³/mol. The number of nitrogens with two attached hydrogens (primary N) is 1. The van der Waals surface area contributed by atoms with Crippen molar-refractivity contribution in [3.63, 3.8) is 0 Å². The molecule has 0 saturated carbocycles. The van der Waals surface area contributed by atoms with Crippen LogP contribution in [0.3, 0.4) is 0 Å². The Hall–Kier alpha value is -0.810. The molecule has 5 N–H and O–H groups in total. The highest BCUT2D eigenvalue weighted by atomic mass is 16.4. The van der Waals surface area contributed by atoms with Gasteiger partial charge in [0.2, 0.25) is 0 Å². The molecule has 0 aliphatic rings. The zero-order chi connectivity index (χ0) is 9.40. The van der Waals surface area contributed by atoms with E-state index in [1.54, 1.807) is 0 Å². The Bertz CT molecular complexity index is 139. The lowest BCUT2D eigenvalue weighted by atomic mass is 10.2. The lowest BCUT2D eigenvalue weighted by Gasteiger charge is -2.08. The Morgan fingerprint density at radius 1 is 1.67 bits per heavy atom. The summed E-state index contributed by atoms with van der Waals surface area (Å²) in [6.07, 6.45) is 0.522. The molecule has 1 unspecified atom stereocenters. The molecule has 0 bridgehead atoms. The normalized spacial score (nSPS) is 14.7. The Balaban J connectivity index is 3.21. The van der Waals surface area contributed by atoms with Crippen molar-refractivity contribution in [2.75, 3.05) is 19.7 Å². The van der Waals surface area contributed by atoms with Crippen LogP contribution < -0.4 is 11.1 Å². The van der Waals surface area contributed by atoms with Gasteiger partial charge in [-0.15, -0.1) is 0 Å². The number of rotatable bonds is 6. The minimum absolute atomic E-state index is 0.177. The van der Waals surface area contributed by atoms with Crippen molar-refractivity contribution in [1.29, 1.82) is 0 Å². The van der Waals surface area contributed by atoms with Crippen LogP contribution in [0.25, 0.3) is 0 Å². The highest BCUT2D eigenvalue weighted by Gasteiger charge is 1.98. The van der Waals surface area contributed by atoms with Crippen LogP contribution in [0.4, 0.5) is 0 Å².